The first-order chi connectivity index (χ1) is 10.7. The molecule has 1 fully saturated rings. The fourth-order valence-electron chi connectivity index (χ4n) is 3.01. The SMILES string of the molecule is C/C=N/C=C(\C=C/C1CCCCC1)c1cc(NC)ccc1C. The molecular formula is C20H28N2. The number of hydrogen-bond acceptors (Lipinski definition) is 2. The van der Waals surface area contributed by atoms with E-state index >= 15 is 0 Å². The highest BCUT2D eigenvalue weighted by molar-refractivity contribution is 5.78. The summed E-state index contributed by atoms with van der Waals surface area (Å²) in [4.78, 5) is 4.35. The number of aliphatic imine (C=N–C) groups is 1. The molecule has 2 heteroatoms. The van der Waals surface area contributed by atoms with Crippen molar-refractivity contribution in [3.8, 4) is 0 Å². The van der Waals surface area contributed by atoms with Gasteiger partial charge in [-0.3, -0.25) is 4.99 Å². The number of anilines is 1. The highest BCUT2D eigenvalue weighted by atomic mass is 14.8. The molecule has 1 aromatic carbocycles. The van der Waals surface area contributed by atoms with Crippen molar-refractivity contribution >= 4 is 17.5 Å². The zero-order chi connectivity index (χ0) is 15.8. The zero-order valence-electron chi connectivity index (χ0n) is 14.1. The molecule has 22 heavy (non-hydrogen) atoms. The van der Waals surface area contributed by atoms with Gasteiger partial charge in [-0.15, -0.1) is 0 Å². The summed E-state index contributed by atoms with van der Waals surface area (Å²) in [5, 5.41) is 3.22. The number of allylic oxidation sites excluding steroid dienone is 3. The van der Waals surface area contributed by atoms with Crippen LogP contribution in [0.5, 0.6) is 0 Å². The van der Waals surface area contributed by atoms with Crippen LogP contribution in [0.4, 0.5) is 5.69 Å². The molecule has 0 atom stereocenters. The van der Waals surface area contributed by atoms with Crippen LogP contribution in [0.1, 0.15) is 50.2 Å². The summed E-state index contributed by atoms with van der Waals surface area (Å²) >= 11 is 0. The van der Waals surface area contributed by atoms with E-state index in [0.29, 0.717) is 0 Å². The summed E-state index contributed by atoms with van der Waals surface area (Å²) < 4.78 is 0. The summed E-state index contributed by atoms with van der Waals surface area (Å²) in [6, 6.07) is 6.49. The first-order valence-corrected chi connectivity index (χ1v) is 8.39. The summed E-state index contributed by atoms with van der Waals surface area (Å²) in [5.41, 5.74) is 4.87. The van der Waals surface area contributed by atoms with Gasteiger partial charge in [0.05, 0.1) is 0 Å². The van der Waals surface area contributed by atoms with Gasteiger partial charge in [-0.25, -0.2) is 0 Å². The minimum Gasteiger partial charge on any atom is -0.388 e. The van der Waals surface area contributed by atoms with Crippen LogP contribution in [0.25, 0.3) is 5.57 Å². The number of hydrogen-bond donors (Lipinski definition) is 1. The Kier molecular flexibility index (Phi) is 6.45. The van der Waals surface area contributed by atoms with Crippen molar-refractivity contribution in [2.45, 2.75) is 46.0 Å². The molecule has 2 rings (SSSR count). The Morgan fingerprint density at radius 1 is 1.23 bits per heavy atom. The van der Waals surface area contributed by atoms with E-state index < -0.39 is 0 Å². The van der Waals surface area contributed by atoms with E-state index in [1.54, 1.807) is 0 Å². The van der Waals surface area contributed by atoms with E-state index in [1.807, 2.05) is 26.4 Å². The Bertz CT molecular complexity index is 561. The largest absolute Gasteiger partial charge is 0.388 e. The molecule has 0 spiro atoms. The fourth-order valence-corrected chi connectivity index (χ4v) is 3.01. The van der Waals surface area contributed by atoms with Crippen molar-refractivity contribution in [1.82, 2.24) is 0 Å². The second-order valence-corrected chi connectivity index (χ2v) is 6.03. The average Bonchev–Trinajstić information content (AvgIpc) is 2.57. The molecule has 1 aliphatic carbocycles. The topological polar surface area (TPSA) is 24.4 Å². The van der Waals surface area contributed by atoms with E-state index in [2.05, 4.69) is 47.6 Å². The highest BCUT2D eigenvalue weighted by Crippen LogP contribution is 2.28. The average molecular weight is 296 g/mol. The van der Waals surface area contributed by atoms with Crippen molar-refractivity contribution in [3.63, 3.8) is 0 Å². The van der Waals surface area contributed by atoms with Crippen molar-refractivity contribution in [1.29, 1.82) is 0 Å². The predicted octanol–water partition coefficient (Wildman–Crippen LogP) is 5.60. The van der Waals surface area contributed by atoms with E-state index in [1.165, 1.54) is 48.8 Å². The van der Waals surface area contributed by atoms with E-state index in [0.717, 1.165) is 11.6 Å². The maximum atomic E-state index is 4.35. The molecule has 0 heterocycles. The molecule has 1 N–H and O–H groups in total. The lowest BCUT2D eigenvalue weighted by atomic mass is 9.88. The van der Waals surface area contributed by atoms with Crippen LogP contribution in [0.15, 0.2) is 41.5 Å². The van der Waals surface area contributed by atoms with Gasteiger partial charge in [0.2, 0.25) is 0 Å². The molecule has 0 radical (unpaired) electrons. The van der Waals surface area contributed by atoms with Crippen LogP contribution in [-0.2, 0) is 0 Å². The zero-order valence-corrected chi connectivity index (χ0v) is 14.1. The molecule has 0 unspecified atom stereocenters. The van der Waals surface area contributed by atoms with Gasteiger partial charge < -0.3 is 5.32 Å². The lowest BCUT2D eigenvalue weighted by Crippen LogP contribution is -2.02. The van der Waals surface area contributed by atoms with E-state index in [-0.39, 0.29) is 0 Å². The van der Waals surface area contributed by atoms with Gasteiger partial charge in [0.25, 0.3) is 0 Å². The Morgan fingerprint density at radius 2 is 2.00 bits per heavy atom. The van der Waals surface area contributed by atoms with E-state index in [4.69, 9.17) is 0 Å². The van der Waals surface area contributed by atoms with Crippen LogP contribution in [0.2, 0.25) is 0 Å². The second-order valence-electron chi connectivity index (χ2n) is 6.03. The van der Waals surface area contributed by atoms with Gasteiger partial charge in [0, 0.05) is 25.1 Å². The predicted molar refractivity (Wildman–Crippen MR) is 98.6 cm³/mol. The smallest absolute Gasteiger partial charge is 0.0343 e. The third kappa shape index (κ3) is 4.59. The van der Waals surface area contributed by atoms with Crippen molar-refractivity contribution in [2.24, 2.45) is 10.9 Å². The summed E-state index contributed by atoms with van der Waals surface area (Å²) in [6.45, 7) is 4.11. The number of nitrogens with zero attached hydrogens (tertiary/aromatic N) is 1. The molecule has 0 aromatic heterocycles. The highest BCUT2D eigenvalue weighted by Gasteiger charge is 2.11. The molecular weight excluding hydrogens is 268 g/mol. The van der Waals surface area contributed by atoms with Gasteiger partial charge in [-0.05, 0) is 61.4 Å². The van der Waals surface area contributed by atoms with Gasteiger partial charge in [0.15, 0.2) is 0 Å². The molecule has 0 bridgehead atoms. The third-order valence-electron chi connectivity index (χ3n) is 4.40. The summed E-state index contributed by atoms with van der Waals surface area (Å²) in [6.07, 6.45) is 15.3. The standard InChI is InChI=1S/C20H28N2/c1-4-22-15-18(12-11-17-8-6-5-7-9-17)20-14-19(21-3)13-10-16(20)2/h4,10-15,17,21H,5-9H2,1-3H3/b12-11-,18-15+,22-4+. The Morgan fingerprint density at radius 3 is 2.68 bits per heavy atom. The first kappa shape index (κ1) is 16.5. The third-order valence-corrected chi connectivity index (χ3v) is 4.40. The number of nitrogens with one attached hydrogen (secondary N) is 1. The first-order valence-electron chi connectivity index (χ1n) is 8.39. The van der Waals surface area contributed by atoms with Crippen molar-refractivity contribution < 1.29 is 0 Å². The second kappa shape index (κ2) is 8.57. The number of rotatable bonds is 5. The summed E-state index contributed by atoms with van der Waals surface area (Å²) in [5.74, 6) is 0.732. The normalized spacial score (nSPS) is 17.5. The maximum Gasteiger partial charge on any atom is 0.0343 e. The fraction of sp³-hybridized carbons (Fsp3) is 0.450. The van der Waals surface area contributed by atoms with Gasteiger partial charge >= 0.3 is 0 Å². The van der Waals surface area contributed by atoms with Gasteiger partial charge in [-0.1, -0.05) is 37.5 Å². The van der Waals surface area contributed by atoms with Crippen molar-refractivity contribution in [3.05, 3.63) is 47.7 Å². The molecule has 2 nitrogen and oxygen atoms in total. The molecule has 1 aliphatic rings. The molecule has 0 amide bonds. The Hall–Kier alpha value is -1.83. The lowest BCUT2D eigenvalue weighted by Gasteiger charge is -2.18. The number of benzene rings is 1. The van der Waals surface area contributed by atoms with Crippen LogP contribution in [-0.4, -0.2) is 13.3 Å². The van der Waals surface area contributed by atoms with Crippen molar-refractivity contribution in [2.75, 3.05) is 12.4 Å². The van der Waals surface area contributed by atoms with Gasteiger partial charge in [-0.2, -0.15) is 0 Å². The molecule has 118 valence electrons. The monoisotopic (exact) mass is 296 g/mol. The van der Waals surface area contributed by atoms with Gasteiger partial charge in [0.1, 0.15) is 0 Å². The molecule has 1 aromatic rings. The van der Waals surface area contributed by atoms with Crippen LogP contribution in [0, 0.1) is 12.8 Å². The lowest BCUT2D eigenvalue weighted by molar-refractivity contribution is 0.419. The quantitative estimate of drug-likeness (QED) is 0.554. The minimum absolute atomic E-state index is 0.732. The Labute approximate surface area is 135 Å². The Balaban J connectivity index is 2.28. The molecule has 0 saturated heterocycles. The number of aryl methyl sites for hydroxylation is 1. The molecule has 1 saturated carbocycles. The minimum atomic E-state index is 0.732. The summed E-state index contributed by atoms with van der Waals surface area (Å²) in [7, 11) is 1.96. The maximum absolute atomic E-state index is 4.35. The van der Waals surface area contributed by atoms with Crippen LogP contribution < -0.4 is 5.32 Å². The van der Waals surface area contributed by atoms with Crippen LogP contribution in [0.3, 0.4) is 0 Å². The van der Waals surface area contributed by atoms with E-state index in [9.17, 15) is 0 Å². The molecule has 0 aliphatic heterocycles. The van der Waals surface area contributed by atoms with Crippen LogP contribution >= 0.6 is 0 Å².